The molecule has 0 atom stereocenters. The van der Waals surface area contributed by atoms with Gasteiger partial charge in [-0.2, -0.15) is 8.78 Å². The molecule has 2 nitrogen and oxygen atoms in total. The monoisotopic (exact) mass is 294 g/mol. The van der Waals surface area contributed by atoms with Crippen LogP contribution in [0.1, 0.15) is 20.1 Å². The first-order chi connectivity index (χ1) is 9.54. The van der Waals surface area contributed by atoms with Gasteiger partial charge in [0.2, 0.25) is 0 Å². The molecule has 0 radical (unpaired) electrons. The van der Waals surface area contributed by atoms with E-state index in [1.54, 1.807) is 17.4 Å². The standard InChI is InChI=1S/C15H12F2O2S/c1-10-2-7-13(20-10)8-9-14(18)11-3-5-12(6-4-11)19-15(16)17/h2-9,15H,1H3/b9-8+. The molecular formula is C15H12F2O2S. The Balaban J connectivity index is 2.04. The molecule has 0 unspecified atom stereocenters. The number of thiophene rings is 1. The minimum Gasteiger partial charge on any atom is -0.435 e. The molecular weight excluding hydrogens is 282 g/mol. The number of hydrogen-bond donors (Lipinski definition) is 0. The largest absolute Gasteiger partial charge is 0.435 e. The summed E-state index contributed by atoms with van der Waals surface area (Å²) in [5.74, 6) is -0.144. The number of rotatable bonds is 5. The molecule has 2 rings (SSSR count). The number of benzene rings is 1. The van der Waals surface area contributed by atoms with E-state index in [4.69, 9.17) is 0 Å². The summed E-state index contributed by atoms with van der Waals surface area (Å²) in [4.78, 5) is 14.1. The summed E-state index contributed by atoms with van der Waals surface area (Å²) in [5, 5.41) is 0. The second-order valence-electron chi connectivity index (χ2n) is 4.05. The van der Waals surface area contributed by atoms with Crippen molar-refractivity contribution in [1.82, 2.24) is 0 Å². The van der Waals surface area contributed by atoms with Crippen molar-refractivity contribution in [3.63, 3.8) is 0 Å². The zero-order chi connectivity index (χ0) is 14.5. The molecule has 1 aromatic heterocycles. The Bertz CT molecular complexity index is 615. The minimum absolute atomic E-state index is 0.0365. The third-order valence-electron chi connectivity index (χ3n) is 2.52. The van der Waals surface area contributed by atoms with Gasteiger partial charge in [-0.25, -0.2) is 0 Å². The van der Waals surface area contributed by atoms with Crippen LogP contribution in [-0.4, -0.2) is 12.4 Å². The number of ether oxygens (including phenoxy) is 1. The average molecular weight is 294 g/mol. The lowest BCUT2D eigenvalue weighted by atomic mass is 10.1. The summed E-state index contributed by atoms with van der Waals surface area (Å²) < 4.78 is 28.2. The normalized spacial score (nSPS) is 11.2. The van der Waals surface area contributed by atoms with E-state index in [0.29, 0.717) is 5.56 Å². The number of halogens is 2. The molecule has 0 saturated heterocycles. The zero-order valence-electron chi connectivity index (χ0n) is 10.7. The third kappa shape index (κ3) is 3.99. The summed E-state index contributed by atoms with van der Waals surface area (Å²) >= 11 is 1.59. The fourth-order valence-corrected chi connectivity index (χ4v) is 2.38. The van der Waals surface area contributed by atoms with Crippen molar-refractivity contribution in [2.75, 3.05) is 0 Å². The van der Waals surface area contributed by atoms with Crippen LogP contribution >= 0.6 is 11.3 Å². The lowest BCUT2D eigenvalue weighted by Gasteiger charge is -2.04. The van der Waals surface area contributed by atoms with Crippen molar-refractivity contribution in [1.29, 1.82) is 0 Å². The Morgan fingerprint density at radius 2 is 1.90 bits per heavy atom. The van der Waals surface area contributed by atoms with Crippen molar-refractivity contribution < 1.29 is 18.3 Å². The number of aryl methyl sites for hydroxylation is 1. The van der Waals surface area contributed by atoms with Gasteiger partial charge in [0.25, 0.3) is 0 Å². The summed E-state index contributed by atoms with van der Waals surface area (Å²) in [6, 6.07) is 9.54. The molecule has 20 heavy (non-hydrogen) atoms. The van der Waals surface area contributed by atoms with Crippen LogP contribution in [0.25, 0.3) is 6.08 Å². The molecule has 1 heterocycles. The van der Waals surface area contributed by atoms with Crippen LogP contribution in [0.4, 0.5) is 8.78 Å². The number of carbonyl (C=O) groups excluding carboxylic acids is 1. The Kier molecular flexibility index (Phi) is 4.63. The van der Waals surface area contributed by atoms with Crippen LogP contribution in [0.5, 0.6) is 5.75 Å². The van der Waals surface area contributed by atoms with Crippen LogP contribution in [0.15, 0.2) is 42.5 Å². The van der Waals surface area contributed by atoms with Gasteiger partial charge in [-0.3, -0.25) is 4.79 Å². The van der Waals surface area contributed by atoms with Crippen molar-refractivity contribution in [3.8, 4) is 5.75 Å². The topological polar surface area (TPSA) is 26.3 Å². The summed E-state index contributed by atoms with van der Waals surface area (Å²) in [6.07, 6.45) is 3.21. The summed E-state index contributed by atoms with van der Waals surface area (Å²) in [7, 11) is 0. The highest BCUT2D eigenvalue weighted by molar-refractivity contribution is 7.12. The first-order valence-electron chi connectivity index (χ1n) is 5.88. The van der Waals surface area contributed by atoms with Gasteiger partial charge < -0.3 is 4.74 Å². The fourth-order valence-electron chi connectivity index (χ4n) is 1.60. The van der Waals surface area contributed by atoms with Crippen molar-refractivity contribution >= 4 is 23.2 Å². The Morgan fingerprint density at radius 1 is 1.20 bits per heavy atom. The Labute approximate surface area is 119 Å². The molecule has 0 fully saturated rings. The minimum atomic E-state index is -2.86. The van der Waals surface area contributed by atoms with Crippen LogP contribution in [-0.2, 0) is 0 Å². The molecule has 1 aromatic carbocycles. The van der Waals surface area contributed by atoms with Gasteiger partial charge in [-0.1, -0.05) is 0 Å². The summed E-state index contributed by atoms with van der Waals surface area (Å²) in [5.41, 5.74) is 0.427. The molecule has 0 spiro atoms. The maximum Gasteiger partial charge on any atom is 0.387 e. The molecule has 0 amide bonds. The molecule has 5 heteroatoms. The predicted molar refractivity (Wildman–Crippen MR) is 75.5 cm³/mol. The van der Waals surface area contributed by atoms with Crippen LogP contribution < -0.4 is 4.74 Å². The SMILES string of the molecule is Cc1ccc(/C=C/C(=O)c2ccc(OC(F)F)cc2)s1. The van der Waals surface area contributed by atoms with Crippen LogP contribution in [0.2, 0.25) is 0 Å². The van der Waals surface area contributed by atoms with E-state index in [2.05, 4.69) is 4.74 Å². The third-order valence-corrected chi connectivity index (χ3v) is 3.49. The van der Waals surface area contributed by atoms with E-state index >= 15 is 0 Å². The highest BCUT2D eigenvalue weighted by Gasteiger charge is 2.06. The van der Waals surface area contributed by atoms with Crippen molar-refractivity contribution in [2.24, 2.45) is 0 Å². The lowest BCUT2D eigenvalue weighted by Crippen LogP contribution is -2.02. The first kappa shape index (κ1) is 14.4. The Morgan fingerprint density at radius 3 is 2.45 bits per heavy atom. The number of hydrogen-bond acceptors (Lipinski definition) is 3. The highest BCUT2D eigenvalue weighted by Crippen LogP contribution is 2.18. The molecule has 0 bridgehead atoms. The quantitative estimate of drug-likeness (QED) is 0.597. The van der Waals surface area contributed by atoms with Gasteiger partial charge in [0.1, 0.15) is 5.75 Å². The molecule has 104 valence electrons. The zero-order valence-corrected chi connectivity index (χ0v) is 11.5. The number of carbonyl (C=O) groups is 1. The molecule has 0 N–H and O–H groups in total. The van der Waals surface area contributed by atoms with E-state index in [-0.39, 0.29) is 11.5 Å². The number of alkyl halides is 2. The number of allylic oxidation sites excluding steroid dienone is 1. The van der Waals surface area contributed by atoms with E-state index < -0.39 is 6.61 Å². The number of ketones is 1. The van der Waals surface area contributed by atoms with Crippen molar-refractivity contribution in [2.45, 2.75) is 13.5 Å². The van der Waals surface area contributed by atoms with E-state index in [9.17, 15) is 13.6 Å². The second kappa shape index (κ2) is 6.43. The van der Waals surface area contributed by atoms with Crippen molar-refractivity contribution in [3.05, 3.63) is 57.8 Å². The highest BCUT2D eigenvalue weighted by atomic mass is 32.1. The van der Waals surface area contributed by atoms with Crippen LogP contribution in [0, 0.1) is 6.92 Å². The molecule has 0 aliphatic heterocycles. The predicted octanol–water partition coefficient (Wildman–Crippen LogP) is 4.55. The molecule has 2 aromatic rings. The van der Waals surface area contributed by atoms with E-state index in [1.165, 1.54) is 35.2 Å². The maximum atomic E-state index is 12.0. The average Bonchev–Trinajstić information content (AvgIpc) is 2.82. The fraction of sp³-hybridized carbons (Fsp3) is 0.133. The first-order valence-corrected chi connectivity index (χ1v) is 6.70. The van der Waals surface area contributed by atoms with Crippen LogP contribution in [0.3, 0.4) is 0 Å². The molecule has 0 aliphatic carbocycles. The van der Waals surface area contributed by atoms with Gasteiger partial charge in [0, 0.05) is 15.3 Å². The van der Waals surface area contributed by atoms with Gasteiger partial charge in [-0.05, 0) is 55.5 Å². The van der Waals surface area contributed by atoms with Gasteiger partial charge in [-0.15, -0.1) is 11.3 Å². The van der Waals surface area contributed by atoms with Gasteiger partial charge in [0.05, 0.1) is 0 Å². The molecule has 0 aliphatic rings. The maximum absolute atomic E-state index is 12.0. The van der Waals surface area contributed by atoms with Gasteiger partial charge in [0.15, 0.2) is 5.78 Å². The van der Waals surface area contributed by atoms with E-state index in [0.717, 1.165) is 4.88 Å². The van der Waals surface area contributed by atoms with E-state index in [1.807, 2.05) is 19.1 Å². The lowest BCUT2D eigenvalue weighted by molar-refractivity contribution is -0.0498. The Hall–Kier alpha value is -2.01. The second-order valence-corrected chi connectivity index (χ2v) is 5.37. The van der Waals surface area contributed by atoms with Gasteiger partial charge >= 0.3 is 6.61 Å². The smallest absolute Gasteiger partial charge is 0.387 e. The summed E-state index contributed by atoms with van der Waals surface area (Å²) in [6.45, 7) is -0.871. The molecule has 0 saturated carbocycles.